The van der Waals surface area contributed by atoms with Gasteiger partial charge in [-0.3, -0.25) is 9.63 Å². The summed E-state index contributed by atoms with van der Waals surface area (Å²) >= 11 is 11.7. The minimum absolute atomic E-state index is 0.0120. The highest BCUT2D eigenvalue weighted by atomic mass is 35.5. The van der Waals surface area contributed by atoms with E-state index in [0.717, 1.165) is 4.47 Å². The first kappa shape index (κ1) is 18.7. The standard InChI is InChI=1S/C15H14Cl2N2O4S/c1-19(23-2)24(21,22)12-6-3-10(4-7-12)15(20)18-11-5-8-13(16)14(17)9-11/h3-9H,1-2H3,(H,18,20). The van der Waals surface area contributed by atoms with Gasteiger partial charge in [0, 0.05) is 18.3 Å². The van der Waals surface area contributed by atoms with E-state index in [-0.39, 0.29) is 4.90 Å². The molecule has 0 aliphatic carbocycles. The molecule has 0 aliphatic rings. The average molecular weight is 389 g/mol. The summed E-state index contributed by atoms with van der Waals surface area (Å²) in [5, 5.41) is 3.35. The first-order chi connectivity index (χ1) is 11.3. The molecule has 2 aromatic carbocycles. The average Bonchev–Trinajstić information content (AvgIpc) is 2.57. The third-order valence-corrected chi connectivity index (χ3v) is 5.62. The molecule has 2 rings (SSSR count). The molecule has 128 valence electrons. The molecule has 0 aromatic heterocycles. The molecule has 0 fully saturated rings. The molecule has 0 saturated carbocycles. The fourth-order valence-corrected chi connectivity index (χ4v) is 3.07. The van der Waals surface area contributed by atoms with Crippen LogP contribution in [0.4, 0.5) is 5.69 Å². The van der Waals surface area contributed by atoms with Crippen molar-refractivity contribution in [2.24, 2.45) is 0 Å². The Balaban J connectivity index is 2.18. The van der Waals surface area contributed by atoms with Gasteiger partial charge in [-0.05, 0) is 42.5 Å². The number of nitrogens with zero attached hydrogens (tertiary/aromatic N) is 1. The number of amides is 1. The Morgan fingerprint density at radius 2 is 1.71 bits per heavy atom. The molecule has 9 heteroatoms. The molecular weight excluding hydrogens is 375 g/mol. The summed E-state index contributed by atoms with van der Waals surface area (Å²) in [5.41, 5.74) is 0.769. The maximum Gasteiger partial charge on any atom is 0.264 e. The van der Waals surface area contributed by atoms with E-state index in [1.54, 1.807) is 12.1 Å². The smallest absolute Gasteiger partial charge is 0.264 e. The monoisotopic (exact) mass is 388 g/mol. The van der Waals surface area contributed by atoms with E-state index in [1.807, 2.05) is 0 Å². The van der Waals surface area contributed by atoms with Crippen LogP contribution in [0.2, 0.25) is 10.0 Å². The predicted octanol–water partition coefficient (Wildman–Crippen LogP) is 3.43. The molecule has 0 saturated heterocycles. The van der Waals surface area contributed by atoms with E-state index in [1.165, 1.54) is 44.5 Å². The zero-order chi connectivity index (χ0) is 17.9. The van der Waals surface area contributed by atoms with Crippen molar-refractivity contribution in [2.45, 2.75) is 4.90 Å². The molecule has 24 heavy (non-hydrogen) atoms. The summed E-state index contributed by atoms with van der Waals surface area (Å²) in [4.78, 5) is 16.9. The highest BCUT2D eigenvalue weighted by molar-refractivity contribution is 7.89. The Labute approximate surface area is 149 Å². The molecular formula is C15H14Cl2N2O4S. The van der Waals surface area contributed by atoms with E-state index in [4.69, 9.17) is 23.2 Å². The third kappa shape index (κ3) is 4.06. The van der Waals surface area contributed by atoms with Crippen LogP contribution in [-0.2, 0) is 14.9 Å². The van der Waals surface area contributed by atoms with Crippen LogP contribution in [0, 0.1) is 0 Å². The van der Waals surface area contributed by atoms with Crippen LogP contribution in [0.5, 0.6) is 0 Å². The van der Waals surface area contributed by atoms with Crippen LogP contribution >= 0.6 is 23.2 Å². The molecule has 0 radical (unpaired) electrons. The third-order valence-electron chi connectivity index (χ3n) is 3.19. The summed E-state index contributed by atoms with van der Waals surface area (Å²) in [6.45, 7) is 0. The number of nitrogens with one attached hydrogen (secondary N) is 1. The second-order valence-corrected chi connectivity index (χ2v) is 7.45. The van der Waals surface area contributed by atoms with Crippen LogP contribution in [0.1, 0.15) is 10.4 Å². The van der Waals surface area contributed by atoms with E-state index in [0.29, 0.717) is 21.3 Å². The number of halogens is 2. The van der Waals surface area contributed by atoms with Crippen LogP contribution in [0.3, 0.4) is 0 Å². The Kier molecular flexibility index (Phi) is 5.84. The zero-order valence-corrected chi connectivity index (χ0v) is 15.1. The van der Waals surface area contributed by atoms with Crippen molar-refractivity contribution in [3.8, 4) is 0 Å². The Morgan fingerprint density at radius 3 is 2.25 bits per heavy atom. The second kappa shape index (κ2) is 7.50. The van der Waals surface area contributed by atoms with E-state index in [2.05, 4.69) is 10.2 Å². The molecule has 1 N–H and O–H groups in total. The second-order valence-electron chi connectivity index (χ2n) is 4.70. The first-order valence-corrected chi connectivity index (χ1v) is 8.85. The number of sulfonamides is 1. The fourth-order valence-electron chi connectivity index (χ4n) is 1.80. The molecule has 0 unspecified atom stereocenters. The molecule has 2 aromatic rings. The van der Waals surface area contributed by atoms with Gasteiger partial charge in [0.15, 0.2) is 0 Å². The molecule has 0 spiro atoms. The lowest BCUT2D eigenvalue weighted by Crippen LogP contribution is -2.25. The largest absolute Gasteiger partial charge is 0.322 e. The Morgan fingerprint density at radius 1 is 1.08 bits per heavy atom. The molecule has 1 amide bonds. The number of hydroxylamine groups is 1. The van der Waals surface area contributed by atoms with Gasteiger partial charge in [0.2, 0.25) is 0 Å². The first-order valence-electron chi connectivity index (χ1n) is 6.65. The SMILES string of the molecule is CON(C)S(=O)(=O)c1ccc(C(=O)Nc2ccc(Cl)c(Cl)c2)cc1. The highest BCUT2D eigenvalue weighted by Gasteiger charge is 2.21. The van der Waals surface area contributed by atoms with Crippen molar-refractivity contribution in [3.63, 3.8) is 0 Å². The van der Waals surface area contributed by atoms with Gasteiger partial charge in [-0.2, -0.15) is 0 Å². The minimum atomic E-state index is -3.75. The molecule has 0 heterocycles. The summed E-state index contributed by atoms with van der Waals surface area (Å²) < 4.78 is 24.9. The van der Waals surface area contributed by atoms with Gasteiger partial charge in [0.25, 0.3) is 15.9 Å². The topological polar surface area (TPSA) is 75.7 Å². The normalized spacial score (nSPS) is 11.5. The van der Waals surface area contributed by atoms with Crippen molar-refractivity contribution in [1.29, 1.82) is 0 Å². The minimum Gasteiger partial charge on any atom is -0.322 e. The van der Waals surface area contributed by atoms with E-state index in [9.17, 15) is 13.2 Å². The summed E-state index contributed by atoms with van der Waals surface area (Å²) in [6.07, 6.45) is 0. The highest BCUT2D eigenvalue weighted by Crippen LogP contribution is 2.25. The number of rotatable bonds is 5. The number of anilines is 1. The quantitative estimate of drug-likeness (QED) is 0.796. The predicted molar refractivity (Wildman–Crippen MR) is 92.8 cm³/mol. The fraction of sp³-hybridized carbons (Fsp3) is 0.133. The van der Waals surface area contributed by atoms with Crippen LogP contribution < -0.4 is 5.32 Å². The number of hydrogen-bond donors (Lipinski definition) is 1. The van der Waals surface area contributed by atoms with Crippen molar-refractivity contribution in [2.75, 3.05) is 19.5 Å². The van der Waals surface area contributed by atoms with Gasteiger partial charge in [-0.1, -0.05) is 27.7 Å². The Bertz CT molecular complexity index is 854. The maximum absolute atomic E-state index is 12.2. The van der Waals surface area contributed by atoms with Crippen molar-refractivity contribution >= 4 is 44.8 Å². The number of hydrogen-bond acceptors (Lipinski definition) is 4. The number of carbonyl (C=O) groups is 1. The lowest BCUT2D eigenvalue weighted by molar-refractivity contribution is -0.0258. The molecule has 0 aliphatic heterocycles. The van der Waals surface area contributed by atoms with Gasteiger partial charge in [0.1, 0.15) is 0 Å². The van der Waals surface area contributed by atoms with Crippen molar-refractivity contribution in [3.05, 3.63) is 58.1 Å². The van der Waals surface area contributed by atoms with Gasteiger partial charge < -0.3 is 5.32 Å². The zero-order valence-electron chi connectivity index (χ0n) is 12.8. The van der Waals surface area contributed by atoms with Gasteiger partial charge in [0.05, 0.1) is 22.1 Å². The summed E-state index contributed by atoms with van der Waals surface area (Å²) in [6, 6.07) is 10.2. The number of benzene rings is 2. The lowest BCUT2D eigenvalue weighted by Gasteiger charge is -2.14. The Hall–Kier alpha value is -1.64. The van der Waals surface area contributed by atoms with E-state index >= 15 is 0 Å². The van der Waals surface area contributed by atoms with Crippen LogP contribution in [-0.4, -0.2) is 33.0 Å². The number of carbonyl (C=O) groups excluding carboxylic acids is 1. The van der Waals surface area contributed by atoms with Gasteiger partial charge in [-0.15, -0.1) is 0 Å². The van der Waals surface area contributed by atoms with Gasteiger partial charge in [-0.25, -0.2) is 8.42 Å². The van der Waals surface area contributed by atoms with Crippen LogP contribution in [0.25, 0.3) is 0 Å². The molecule has 0 bridgehead atoms. The van der Waals surface area contributed by atoms with Gasteiger partial charge >= 0.3 is 0 Å². The summed E-state index contributed by atoms with van der Waals surface area (Å²) in [5.74, 6) is -0.405. The summed E-state index contributed by atoms with van der Waals surface area (Å²) in [7, 11) is -1.23. The van der Waals surface area contributed by atoms with Crippen molar-refractivity contribution < 1.29 is 18.0 Å². The molecule has 6 nitrogen and oxygen atoms in total. The van der Waals surface area contributed by atoms with E-state index < -0.39 is 15.9 Å². The molecule has 0 atom stereocenters. The maximum atomic E-state index is 12.2. The van der Waals surface area contributed by atoms with Crippen molar-refractivity contribution in [1.82, 2.24) is 4.47 Å². The lowest BCUT2D eigenvalue weighted by atomic mass is 10.2. The van der Waals surface area contributed by atoms with Crippen LogP contribution in [0.15, 0.2) is 47.4 Å².